The number of amides is 1. The van der Waals surface area contributed by atoms with Gasteiger partial charge in [0.2, 0.25) is 5.91 Å². The molecule has 4 nitrogen and oxygen atoms in total. The van der Waals surface area contributed by atoms with Gasteiger partial charge in [0.1, 0.15) is 5.75 Å². The van der Waals surface area contributed by atoms with Gasteiger partial charge in [0.15, 0.2) is 5.78 Å². The lowest BCUT2D eigenvalue weighted by atomic mass is 9.98. The van der Waals surface area contributed by atoms with Crippen LogP contribution in [0.5, 0.6) is 5.75 Å². The summed E-state index contributed by atoms with van der Waals surface area (Å²) in [5.74, 6) is 0.346. The Hall–Kier alpha value is -3.11. The predicted octanol–water partition coefficient (Wildman–Crippen LogP) is 5.00. The minimum absolute atomic E-state index is 0.0577. The number of hydrogen-bond acceptors (Lipinski definition) is 3. The molecule has 0 spiro atoms. The van der Waals surface area contributed by atoms with Gasteiger partial charge in [-0.3, -0.25) is 9.59 Å². The second-order valence-electron chi connectivity index (χ2n) is 6.72. The maximum atomic E-state index is 12.9. The van der Waals surface area contributed by atoms with Crippen LogP contribution in [0.4, 0.5) is 0 Å². The summed E-state index contributed by atoms with van der Waals surface area (Å²) >= 11 is 6.02. The molecule has 148 valence electrons. The third kappa shape index (κ3) is 5.24. The first kappa shape index (κ1) is 20.6. The first-order chi connectivity index (χ1) is 14.0. The fraction of sp³-hybridized carbons (Fsp3) is 0.167. The SMILES string of the molecule is COc1ccc(C(C)=O)cc1CC(=O)N[C@H](c1ccccc1)c1ccc(Cl)cc1. The van der Waals surface area contributed by atoms with E-state index in [2.05, 4.69) is 5.32 Å². The molecule has 0 aliphatic carbocycles. The standard InChI is InChI=1S/C24H22ClNO3/c1-16(27)19-10-13-22(29-2)20(14-19)15-23(28)26-24(17-6-4-3-5-7-17)18-8-11-21(25)12-9-18/h3-14,24H,15H2,1-2H3,(H,26,28)/t24-/m1/s1. The van der Waals surface area contributed by atoms with Crippen molar-refractivity contribution in [2.24, 2.45) is 0 Å². The summed E-state index contributed by atoms with van der Waals surface area (Å²) in [6, 6.07) is 22.0. The van der Waals surface area contributed by atoms with E-state index < -0.39 is 0 Å². The smallest absolute Gasteiger partial charge is 0.225 e. The van der Waals surface area contributed by atoms with Crippen molar-refractivity contribution in [1.82, 2.24) is 5.32 Å². The van der Waals surface area contributed by atoms with Gasteiger partial charge in [-0.15, -0.1) is 0 Å². The van der Waals surface area contributed by atoms with Crippen LogP contribution in [0, 0.1) is 0 Å². The fourth-order valence-electron chi connectivity index (χ4n) is 3.18. The molecule has 0 aromatic heterocycles. The maximum absolute atomic E-state index is 12.9. The number of rotatable bonds is 7. The van der Waals surface area contributed by atoms with Crippen LogP contribution in [0.2, 0.25) is 5.02 Å². The second-order valence-corrected chi connectivity index (χ2v) is 7.16. The Morgan fingerprint density at radius 1 is 0.966 bits per heavy atom. The van der Waals surface area contributed by atoms with Crippen molar-refractivity contribution in [3.63, 3.8) is 0 Å². The Labute approximate surface area is 175 Å². The summed E-state index contributed by atoms with van der Waals surface area (Å²) in [5, 5.41) is 3.73. The molecule has 0 saturated carbocycles. The summed E-state index contributed by atoms with van der Waals surface area (Å²) in [5.41, 5.74) is 3.11. The Morgan fingerprint density at radius 3 is 2.24 bits per heavy atom. The fourth-order valence-corrected chi connectivity index (χ4v) is 3.31. The zero-order valence-electron chi connectivity index (χ0n) is 16.3. The number of nitrogens with one attached hydrogen (secondary N) is 1. The van der Waals surface area contributed by atoms with Gasteiger partial charge >= 0.3 is 0 Å². The number of ketones is 1. The summed E-state index contributed by atoms with van der Waals surface area (Å²) in [4.78, 5) is 24.6. The third-order valence-electron chi connectivity index (χ3n) is 4.68. The average Bonchev–Trinajstić information content (AvgIpc) is 2.73. The molecule has 0 aliphatic rings. The van der Waals surface area contributed by atoms with Crippen LogP contribution in [0.25, 0.3) is 0 Å². The lowest BCUT2D eigenvalue weighted by molar-refractivity contribution is -0.121. The zero-order valence-corrected chi connectivity index (χ0v) is 17.1. The molecule has 0 fully saturated rings. The Balaban J connectivity index is 1.87. The molecule has 0 saturated heterocycles. The highest BCUT2D eigenvalue weighted by molar-refractivity contribution is 6.30. The van der Waals surface area contributed by atoms with Gasteiger partial charge in [-0.05, 0) is 48.4 Å². The van der Waals surface area contributed by atoms with Crippen LogP contribution >= 0.6 is 11.6 Å². The molecule has 1 amide bonds. The van der Waals surface area contributed by atoms with Gasteiger partial charge in [0.25, 0.3) is 0 Å². The molecule has 3 rings (SSSR count). The van der Waals surface area contributed by atoms with Crippen molar-refractivity contribution in [1.29, 1.82) is 0 Å². The van der Waals surface area contributed by atoms with E-state index in [1.807, 2.05) is 42.5 Å². The molecule has 0 bridgehead atoms. The van der Waals surface area contributed by atoms with Gasteiger partial charge in [0, 0.05) is 16.1 Å². The quantitative estimate of drug-likeness (QED) is 0.561. The molecule has 29 heavy (non-hydrogen) atoms. The largest absolute Gasteiger partial charge is 0.496 e. The molecule has 0 heterocycles. The highest BCUT2D eigenvalue weighted by Gasteiger charge is 2.18. The monoisotopic (exact) mass is 407 g/mol. The van der Waals surface area contributed by atoms with Crippen LogP contribution in [-0.4, -0.2) is 18.8 Å². The minimum atomic E-state index is -0.317. The van der Waals surface area contributed by atoms with Crippen molar-refractivity contribution >= 4 is 23.3 Å². The van der Waals surface area contributed by atoms with Gasteiger partial charge in [-0.25, -0.2) is 0 Å². The van der Waals surface area contributed by atoms with Crippen LogP contribution in [-0.2, 0) is 11.2 Å². The van der Waals surface area contributed by atoms with E-state index in [4.69, 9.17) is 16.3 Å². The van der Waals surface area contributed by atoms with Gasteiger partial charge < -0.3 is 10.1 Å². The normalized spacial score (nSPS) is 11.6. The molecule has 0 aliphatic heterocycles. The molecular weight excluding hydrogens is 386 g/mol. The maximum Gasteiger partial charge on any atom is 0.225 e. The van der Waals surface area contributed by atoms with E-state index in [0.717, 1.165) is 11.1 Å². The van der Waals surface area contributed by atoms with E-state index in [1.54, 1.807) is 37.4 Å². The zero-order chi connectivity index (χ0) is 20.8. The van der Waals surface area contributed by atoms with E-state index in [1.165, 1.54) is 6.92 Å². The number of halogens is 1. The van der Waals surface area contributed by atoms with Crippen molar-refractivity contribution < 1.29 is 14.3 Å². The van der Waals surface area contributed by atoms with Crippen molar-refractivity contribution in [3.8, 4) is 5.75 Å². The molecular formula is C24H22ClNO3. The van der Waals surface area contributed by atoms with Gasteiger partial charge in [-0.2, -0.15) is 0 Å². The summed E-state index contributed by atoms with van der Waals surface area (Å²) < 4.78 is 5.36. The molecule has 3 aromatic rings. The number of hydrogen-bond donors (Lipinski definition) is 1. The number of methoxy groups -OCH3 is 1. The highest BCUT2D eigenvalue weighted by atomic mass is 35.5. The van der Waals surface area contributed by atoms with Crippen LogP contribution in [0.1, 0.15) is 40.0 Å². The van der Waals surface area contributed by atoms with Crippen molar-refractivity contribution in [2.45, 2.75) is 19.4 Å². The number of Topliss-reactive ketones (excluding diaryl/α,β-unsaturated/α-hetero) is 1. The molecule has 1 N–H and O–H groups in total. The molecule has 0 radical (unpaired) electrons. The van der Waals surface area contributed by atoms with Crippen LogP contribution in [0.3, 0.4) is 0 Å². The average molecular weight is 408 g/mol. The predicted molar refractivity (Wildman–Crippen MR) is 115 cm³/mol. The third-order valence-corrected chi connectivity index (χ3v) is 4.93. The van der Waals surface area contributed by atoms with Crippen LogP contribution < -0.4 is 10.1 Å². The summed E-state index contributed by atoms with van der Waals surface area (Å²) in [6.45, 7) is 1.50. The number of ether oxygens (including phenoxy) is 1. The van der Waals surface area contributed by atoms with E-state index >= 15 is 0 Å². The van der Waals surface area contributed by atoms with Gasteiger partial charge in [0.05, 0.1) is 19.6 Å². The first-order valence-electron chi connectivity index (χ1n) is 9.25. The topological polar surface area (TPSA) is 55.4 Å². The van der Waals surface area contributed by atoms with Crippen LogP contribution in [0.15, 0.2) is 72.8 Å². The lowest BCUT2D eigenvalue weighted by Gasteiger charge is -2.20. The number of carbonyl (C=O) groups excluding carboxylic acids is 2. The first-order valence-corrected chi connectivity index (χ1v) is 9.63. The van der Waals surface area contributed by atoms with Gasteiger partial charge in [-0.1, -0.05) is 54.1 Å². The summed E-state index contributed by atoms with van der Waals surface area (Å²) in [6.07, 6.45) is 0.0984. The van der Waals surface area contributed by atoms with Crippen molar-refractivity contribution in [3.05, 3.63) is 100 Å². The Bertz CT molecular complexity index is 1000. The van der Waals surface area contributed by atoms with Crippen molar-refractivity contribution in [2.75, 3.05) is 7.11 Å². The second kappa shape index (κ2) is 9.39. The molecule has 3 aromatic carbocycles. The lowest BCUT2D eigenvalue weighted by Crippen LogP contribution is -2.30. The molecule has 1 atom stereocenters. The summed E-state index contributed by atoms with van der Waals surface area (Å²) in [7, 11) is 1.55. The van der Waals surface area contributed by atoms with E-state index in [-0.39, 0.29) is 24.2 Å². The highest BCUT2D eigenvalue weighted by Crippen LogP contribution is 2.25. The molecule has 0 unspecified atom stereocenters. The Morgan fingerprint density at radius 2 is 1.62 bits per heavy atom. The number of carbonyl (C=O) groups is 2. The van der Waals surface area contributed by atoms with E-state index in [9.17, 15) is 9.59 Å². The Kier molecular flexibility index (Phi) is 6.68. The van der Waals surface area contributed by atoms with E-state index in [0.29, 0.717) is 21.9 Å². The molecule has 5 heteroatoms. The minimum Gasteiger partial charge on any atom is -0.496 e. The number of benzene rings is 3.